The summed E-state index contributed by atoms with van der Waals surface area (Å²) >= 11 is 0. The van der Waals surface area contributed by atoms with E-state index >= 15 is 0 Å². The summed E-state index contributed by atoms with van der Waals surface area (Å²) in [5.74, 6) is -0.163. The van der Waals surface area contributed by atoms with Crippen molar-refractivity contribution in [2.75, 3.05) is 13.1 Å². The lowest BCUT2D eigenvalue weighted by atomic mass is 10.0. The fourth-order valence-electron chi connectivity index (χ4n) is 2.18. The predicted molar refractivity (Wildman–Crippen MR) is 68.7 cm³/mol. The maximum Gasteiger partial charge on any atom is 0.246 e. The molecule has 2 amide bonds. The first-order valence-electron chi connectivity index (χ1n) is 5.97. The molecule has 0 saturated carbocycles. The smallest absolute Gasteiger partial charge is 0.246 e. The molecule has 4 heteroatoms. The Morgan fingerprint density at radius 3 is 2.78 bits per heavy atom. The van der Waals surface area contributed by atoms with Crippen molar-refractivity contribution in [2.24, 2.45) is 0 Å². The van der Waals surface area contributed by atoms with Crippen molar-refractivity contribution >= 4 is 11.8 Å². The Labute approximate surface area is 106 Å². The number of carbonyl (C=O) groups is 2. The van der Waals surface area contributed by atoms with Gasteiger partial charge >= 0.3 is 0 Å². The molecule has 1 heterocycles. The Bertz CT molecular complexity index is 456. The van der Waals surface area contributed by atoms with Gasteiger partial charge in [-0.05, 0) is 11.6 Å². The van der Waals surface area contributed by atoms with E-state index in [1.165, 1.54) is 6.08 Å². The first kappa shape index (κ1) is 12.4. The zero-order chi connectivity index (χ0) is 13.0. The summed E-state index contributed by atoms with van der Waals surface area (Å²) in [4.78, 5) is 25.2. The van der Waals surface area contributed by atoms with Crippen molar-refractivity contribution in [1.29, 1.82) is 0 Å². The number of hydrogen-bond donors (Lipinski definition) is 1. The van der Waals surface area contributed by atoms with Crippen LogP contribution in [0.2, 0.25) is 0 Å². The van der Waals surface area contributed by atoms with Crippen molar-refractivity contribution in [3.63, 3.8) is 0 Å². The first-order chi connectivity index (χ1) is 8.72. The molecule has 0 bridgehead atoms. The number of rotatable bonds is 2. The molecule has 1 N–H and O–H groups in total. The highest BCUT2D eigenvalue weighted by atomic mass is 16.2. The van der Waals surface area contributed by atoms with Crippen LogP contribution >= 0.6 is 0 Å². The minimum Gasteiger partial charge on any atom is -0.354 e. The largest absolute Gasteiger partial charge is 0.354 e. The minimum absolute atomic E-state index is 0.0248. The van der Waals surface area contributed by atoms with Gasteiger partial charge in [0.1, 0.15) is 0 Å². The Morgan fingerprint density at radius 1 is 1.39 bits per heavy atom. The van der Waals surface area contributed by atoms with Crippen LogP contribution in [0.3, 0.4) is 0 Å². The highest BCUT2D eigenvalue weighted by molar-refractivity contribution is 5.88. The van der Waals surface area contributed by atoms with Gasteiger partial charge in [0.25, 0.3) is 0 Å². The van der Waals surface area contributed by atoms with Crippen LogP contribution in [0.4, 0.5) is 0 Å². The molecule has 0 radical (unpaired) electrons. The van der Waals surface area contributed by atoms with E-state index in [0.29, 0.717) is 19.5 Å². The van der Waals surface area contributed by atoms with Crippen LogP contribution < -0.4 is 5.32 Å². The molecule has 0 spiro atoms. The standard InChI is InChI=1S/C14H16N2O2/c1-2-14(18)16-9-8-15-13(17)10-12(16)11-6-4-3-5-7-11/h2-7,12H,1,8-10H2,(H,15,17)/t12-/m1/s1. The predicted octanol–water partition coefficient (Wildman–Crippen LogP) is 1.26. The molecule has 1 atom stereocenters. The summed E-state index contributed by atoms with van der Waals surface area (Å²) < 4.78 is 0. The molecule has 18 heavy (non-hydrogen) atoms. The third-order valence-corrected chi connectivity index (χ3v) is 3.07. The number of benzene rings is 1. The molecular formula is C14H16N2O2. The van der Waals surface area contributed by atoms with Gasteiger partial charge in [0.2, 0.25) is 11.8 Å². The van der Waals surface area contributed by atoms with E-state index in [1.807, 2.05) is 30.3 Å². The van der Waals surface area contributed by atoms with Gasteiger partial charge in [0.05, 0.1) is 12.5 Å². The molecule has 1 aromatic rings. The van der Waals surface area contributed by atoms with E-state index in [1.54, 1.807) is 4.90 Å². The topological polar surface area (TPSA) is 49.4 Å². The normalized spacial score (nSPS) is 19.9. The molecule has 2 rings (SSSR count). The van der Waals surface area contributed by atoms with Crippen LogP contribution in [-0.4, -0.2) is 29.8 Å². The number of hydrogen-bond acceptors (Lipinski definition) is 2. The lowest BCUT2D eigenvalue weighted by molar-refractivity contribution is -0.128. The van der Waals surface area contributed by atoms with Crippen LogP contribution in [0.25, 0.3) is 0 Å². The minimum atomic E-state index is -0.209. The molecule has 0 aliphatic carbocycles. The molecule has 0 aromatic heterocycles. The molecule has 0 unspecified atom stereocenters. The van der Waals surface area contributed by atoms with Crippen LogP contribution in [0.5, 0.6) is 0 Å². The average Bonchev–Trinajstić information content (AvgIpc) is 2.60. The SMILES string of the molecule is C=CC(=O)N1CCNC(=O)C[C@@H]1c1ccccc1. The van der Waals surface area contributed by atoms with E-state index in [0.717, 1.165) is 5.56 Å². The second-order valence-electron chi connectivity index (χ2n) is 4.22. The second-order valence-corrected chi connectivity index (χ2v) is 4.22. The molecular weight excluding hydrogens is 228 g/mol. The molecule has 4 nitrogen and oxygen atoms in total. The second kappa shape index (κ2) is 5.49. The zero-order valence-corrected chi connectivity index (χ0v) is 10.1. The van der Waals surface area contributed by atoms with Crippen molar-refractivity contribution in [2.45, 2.75) is 12.5 Å². The maximum absolute atomic E-state index is 11.9. The maximum atomic E-state index is 11.9. The fraction of sp³-hybridized carbons (Fsp3) is 0.286. The van der Waals surface area contributed by atoms with E-state index < -0.39 is 0 Å². The van der Waals surface area contributed by atoms with Gasteiger partial charge < -0.3 is 10.2 Å². The quantitative estimate of drug-likeness (QED) is 0.796. The van der Waals surface area contributed by atoms with Gasteiger partial charge in [0.15, 0.2) is 0 Å². The number of nitrogens with one attached hydrogen (secondary N) is 1. The summed E-state index contributed by atoms with van der Waals surface area (Å²) in [5, 5.41) is 2.79. The van der Waals surface area contributed by atoms with E-state index in [4.69, 9.17) is 0 Å². The van der Waals surface area contributed by atoms with Gasteiger partial charge in [-0.1, -0.05) is 36.9 Å². The summed E-state index contributed by atoms with van der Waals surface area (Å²) in [6.07, 6.45) is 1.59. The van der Waals surface area contributed by atoms with Crippen molar-refractivity contribution in [3.05, 3.63) is 48.6 Å². The summed E-state index contributed by atoms with van der Waals surface area (Å²) in [7, 11) is 0. The lowest BCUT2D eigenvalue weighted by Crippen LogP contribution is -2.35. The first-order valence-corrected chi connectivity index (χ1v) is 5.97. The Balaban J connectivity index is 2.33. The third kappa shape index (κ3) is 2.59. The Morgan fingerprint density at radius 2 is 2.11 bits per heavy atom. The molecule has 94 valence electrons. The summed E-state index contributed by atoms with van der Waals surface area (Å²) in [6.45, 7) is 4.51. The van der Waals surface area contributed by atoms with E-state index in [2.05, 4.69) is 11.9 Å². The third-order valence-electron chi connectivity index (χ3n) is 3.07. The van der Waals surface area contributed by atoms with Crippen LogP contribution in [0.15, 0.2) is 43.0 Å². The highest BCUT2D eigenvalue weighted by Crippen LogP contribution is 2.25. The van der Waals surface area contributed by atoms with Crippen LogP contribution in [0.1, 0.15) is 18.0 Å². The molecule has 1 aliphatic heterocycles. The van der Waals surface area contributed by atoms with Gasteiger partial charge in [-0.25, -0.2) is 0 Å². The van der Waals surface area contributed by atoms with Crippen molar-refractivity contribution in [1.82, 2.24) is 10.2 Å². The van der Waals surface area contributed by atoms with Gasteiger partial charge in [-0.15, -0.1) is 0 Å². The highest BCUT2D eigenvalue weighted by Gasteiger charge is 2.28. The van der Waals surface area contributed by atoms with Gasteiger partial charge in [-0.3, -0.25) is 9.59 Å². The Hall–Kier alpha value is -2.10. The average molecular weight is 244 g/mol. The molecule has 1 saturated heterocycles. The molecule has 1 aliphatic rings. The molecule has 1 fully saturated rings. The van der Waals surface area contributed by atoms with E-state index in [-0.39, 0.29) is 17.9 Å². The van der Waals surface area contributed by atoms with Crippen LogP contribution in [0, 0.1) is 0 Å². The summed E-state index contributed by atoms with van der Waals surface area (Å²) in [6, 6.07) is 9.40. The van der Waals surface area contributed by atoms with Gasteiger partial charge in [0, 0.05) is 13.1 Å². The van der Waals surface area contributed by atoms with Crippen LogP contribution in [-0.2, 0) is 9.59 Å². The Kier molecular flexibility index (Phi) is 3.77. The zero-order valence-electron chi connectivity index (χ0n) is 10.1. The number of nitrogens with zero attached hydrogens (tertiary/aromatic N) is 1. The lowest BCUT2D eigenvalue weighted by Gasteiger charge is -2.28. The molecule has 1 aromatic carbocycles. The summed E-state index contributed by atoms with van der Waals surface area (Å²) in [5.41, 5.74) is 0.977. The monoisotopic (exact) mass is 244 g/mol. The van der Waals surface area contributed by atoms with Gasteiger partial charge in [-0.2, -0.15) is 0 Å². The number of carbonyl (C=O) groups excluding carboxylic acids is 2. The number of amides is 2. The van der Waals surface area contributed by atoms with E-state index in [9.17, 15) is 9.59 Å². The van der Waals surface area contributed by atoms with Crippen molar-refractivity contribution in [3.8, 4) is 0 Å². The fourth-order valence-corrected chi connectivity index (χ4v) is 2.18. The van der Waals surface area contributed by atoms with Crippen molar-refractivity contribution < 1.29 is 9.59 Å².